The topological polar surface area (TPSA) is 69.0 Å². The highest BCUT2D eigenvalue weighted by molar-refractivity contribution is 7.09. The van der Waals surface area contributed by atoms with E-state index >= 15 is 0 Å². The van der Waals surface area contributed by atoms with Crippen LogP contribution in [0.2, 0.25) is 0 Å². The van der Waals surface area contributed by atoms with Gasteiger partial charge in [0.15, 0.2) is 5.65 Å². The van der Waals surface area contributed by atoms with Crippen molar-refractivity contribution in [3.63, 3.8) is 0 Å². The number of morpholine rings is 1. The first-order chi connectivity index (χ1) is 10.7. The summed E-state index contributed by atoms with van der Waals surface area (Å²) in [6.07, 6.45) is 3.64. The smallest absolute Gasteiger partial charge is 0.163 e. The van der Waals surface area contributed by atoms with E-state index in [4.69, 9.17) is 4.74 Å². The van der Waals surface area contributed by atoms with Crippen molar-refractivity contribution in [2.45, 2.75) is 13.0 Å². The van der Waals surface area contributed by atoms with E-state index in [1.54, 1.807) is 16.0 Å². The van der Waals surface area contributed by atoms with Crippen LogP contribution in [-0.4, -0.2) is 44.4 Å². The van der Waals surface area contributed by atoms with Crippen molar-refractivity contribution in [2.24, 2.45) is 7.05 Å². The fourth-order valence-corrected chi connectivity index (χ4v) is 3.42. The van der Waals surface area contributed by atoms with Crippen molar-refractivity contribution >= 4 is 28.2 Å². The van der Waals surface area contributed by atoms with Crippen molar-refractivity contribution < 1.29 is 4.74 Å². The number of ether oxygens (including phenoxy) is 1. The third kappa shape index (κ3) is 2.24. The number of hydrogen-bond donors (Lipinski definition) is 0. The molecule has 0 spiro atoms. The van der Waals surface area contributed by atoms with Crippen LogP contribution in [0.1, 0.15) is 16.9 Å². The first-order valence-corrected chi connectivity index (χ1v) is 8.02. The average molecular weight is 316 g/mol. The Morgan fingerprint density at radius 3 is 3.09 bits per heavy atom. The summed E-state index contributed by atoms with van der Waals surface area (Å²) >= 11 is 1.63. The Hall–Kier alpha value is -2.06. The first-order valence-electron chi connectivity index (χ1n) is 7.14. The summed E-state index contributed by atoms with van der Waals surface area (Å²) in [5, 5.41) is 8.28. The molecule has 1 aliphatic heterocycles. The molecule has 1 aliphatic rings. The Kier molecular flexibility index (Phi) is 3.27. The molecule has 4 heterocycles. The van der Waals surface area contributed by atoms with Gasteiger partial charge in [0.2, 0.25) is 0 Å². The lowest BCUT2D eigenvalue weighted by Gasteiger charge is -2.33. The summed E-state index contributed by atoms with van der Waals surface area (Å²) in [4.78, 5) is 15.7. The van der Waals surface area contributed by atoms with Gasteiger partial charge in [-0.05, 0) is 6.92 Å². The minimum atomic E-state index is -0.00394. The van der Waals surface area contributed by atoms with E-state index in [1.165, 1.54) is 0 Å². The molecule has 0 radical (unpaired) electrons. The zero-order valence-electron chi connectivity index (χ0n) is 12.4. The molecule has 1 atom stereocenters. The van der Waals surface area contributed by atoms with Gasteiger partial charge in [0, 0.05) is 25.2 Å². The van der Waals surface area contributed by atoms with Crippen LogP contribution in [0, 0.1) is 6.92 Å². The molecule has 0 saturated carbocycles. The van der Waals surface area contributed by atoms with E-state index in [0.717, 1.165) is 40.8 Å². The Labute approximate surface area is 131 Å². The van der Waals surface area contributed by atoms with Crippen LogP contribution in [-0.2, 0) is 11.8 Å². The van der Waals surface area contributed by atoms with Crippen molar-refractivity contribution in [3.8, 4) is 0 Å². The second-order valence-electron chi connectivity index (χ2n) is 5.28. The number of rotatable bonds is 2. The molecule has 1 fully saturated rings. The summed E-state index contributed by atoms with van der Waals surface area (Å²) < 4.78 is 7.65. The maximum Gasteiger partial charge on any atom is 0.163 e. The summed E-state index contributed by atoms with van der Waals surface area (Å²) in [5.41, 5.74) is 0.861. The van der Waals surface area contributed by atoms with Gasteiger partial charge in [-0.25, -0.2) is 15.0 Å². The second-order valence-corrected chi connectivity index (χ2v) is 6.20. The number of nitrogens with zero attached hydrogens (tertiary/aromatic N) is 6. The fourth-order valence-electron chi connectivity index (χ4n) is 2.74. The summed E-state index contributed by atoms with van der Waals surface area (Å²) in [7, 11) is 1.90. The quantitative estimate of drug-likeness (QED) is 0.717. The zero-order chi connectivity index (χ0) is 15.1. The van der Waals surface area contributed by atoms with Gasteiger partial charge < -0.3 is 9.64 Å². The molecule has 0 aromatic carbocycles. The highest BCUT2D eigenvalue weighted by Gasteiger charge is 2.26. The number of aryl methyl sites for hydroxylation is 2. The molecule has 7 nitrogen and oxygen atoms in total. The van der Waals surface area contributed by atoms with Gasteiger partial charge in [-0.1, -0.05) is 0 Å². The molecule has 3 aromatic rings. The van der Waals surface area contributed by atoms with E-state index in [2.05, 4.69) is 25.0 Å². The molecule has 3 aromatic heterocycles. The molecule has 0 aliphatic carbocycles. The highest BCUT2D eigenvalue weighted by atomic mass is 32.1. The molecular formula is C14H16N6OS. The van der Waals surface area contributed by atoms with E-state index in [-0.39, 0.29) is 6.10 Å². The largest absolute Gasteiger partial charge is 0.367 e. The van der Waals surface area contributed by atoms with Crippen LogP contribution >= 0.6 is 11.3 Å². The number of fused-ring (bicyclic) bond motifs is 1. The summed E-state index contributed by atoms with van der Waals surface area (Å²) in [6.45, 7) is 4.13. The summed E-state index contributed by atoms with van der Waals surface area (Å²) in [5.74, 6) is 1.68. The van der Waals surface area contributed by atoms with Crippen LogP contribution in [0.15, 0.2) is 17.8 Å². The highest BCUT2D eigenvalue weighted by Crippen LogP contribution is 2.29. The van der Waals surface area contributed by atoms with Crippen LogP contribution in [0.3, 0.4) is 0 Å². The number of anilines is 1. The molecule has 114 valence electrons. The van der Waals surface area contributed by atoms with Crippen molar-refractivity contribution in [1.29, 1.82) is 0 Å². The Balaban J connectivity index is 1.72. The van der Waals surface area contributed by atoms with Crippen molar-refractivity contribution in [1.82, 2.24) is 24.7 Å². The second kappa shape index (κ2) is 5.29. The normalized spacial score (nSPS) is 19.0. The third-order valence-corrected chi connectivity index (χ3v) is 4.64. The fraction of sp³-hybridized carbons (Fsp3) is 0.429. The molecular weight excluding hydrogens is 300 g/mol. The van der Waals surface area contributed by atoms with E-state index in [1.807, 2.05) is 31.7 Å². The first kappa shape index (κ1) is 13.6. The molecule has 4 rings (SSSR count). The predicted octanol–water partition coefficient (Wildman–Crippen LogP) is 1.71. The van der Waals surface area contributed by atoms with Gasteiger partial charge in [-0.2, -0.15) is 5.10 Å². The summed E-state index contributed by atoms with van der Waals surface area (Å²) in [6, 6.07) is 0. The SMILES string of the molecule is Cc1nc(N2CCO[C@H](c3nccs3)C2)c2cnn(C)c2n1. The average Bonchev–Trinajstić information content (AvgIpc) is 3.18. The molecule has 0 bridgehead atoms. The maximum atomic E-state index is 5.86. The van der Waals surface area contributed by atoms with Gasteiger partial charge in [0.1, 0.15) is 22.8 Å². The van der Waals surface area contributed by atoms with Crippen LogP contribution in [0.5, 0.6) is 0 Å². The molecule has 0 N–H and O–H groups in total. The predicted molar refractivity (Wildman–Crippen MR) is 84.1 cm³/mol. The van der Waals surface area contributed by atoms with E-state index in [0.29, 0.717) is 6.61 Å². The molecule has 0 unspecified atom stereocenters. The monoisotopic (exact) mass is 316 g/mol. The number of thiazole rings is 1. The Morgan fingerprint density at radius 2 is 2.27 bits per heavy atom. The number of aromatic nitrogens is 5. The van der Waals surface area contributed by atoms with Crippen molar-refractivity contribution in [3.05, 3.63) is 28.6 Å². The molecule has 8 heteroatoms. The van der Waals surface area contributed by atoms with Gasteiger partial charge >= 0.3 is 0 Å². The molecule has 1 saturated heterocycles. The lowest BCUT2D eigenvalue weighted by Crippen LogP contribution is -2.39. The van der Waals surface area contributed by atoms with Gasteiger partial charge in [0.05, 0.1) is 24.7 Å². The van der Waals surface area contributed by atoms with Gasteiger partial charge in [-0.3, -0.25) is 4.68 Å². The Bertz CT molecular complexity index is 799. The molecule has 0 amide bonds. The van der Waals surface area contributed by atoms with E-state index < -0.39 is 0 Å². The Morgan fingerprint density at radius 1 is 1.36 bits per heavy atom. The molecule has 22 heavy (non-hydrogen) atoms. The van der Waals surface area contributed by atoms with Crippen molar-refractivity contribution in [2.75, 3.05) is 24.6 Å². The number of hydrogen-bond acceptors (Lipinski definition) is 7. The zero-order valence-corrected chi connectivity index (χ0v) is 13.2. The van der Waals surface area contributed by atoms with Gasteiger partial charge in [-0.15, -0.1) is 11.3 Å². The van der Waals surface area contributed by atoms with Crippen LogP contribution < -0.4 is 4.90 Å². The minimum absolute atomic E-state index is 0.00394. The van der Waals surface area contributed by atoms with Gasteiger partial charge in [0.25, 0.3) is 0 Å². The lowest BCUT2D eigenvalue weighted by atomic mass is 10.2. The van der Waals surface area contributed by atoms with Crippen LogP contribution in [0.25, 0.3) is 11.0 Å². The third-order valence-electron chi connectivity index (χ3n) is 3.78. The van der Waals surface area contributed by atoms with Crippen LogP contribution in [0.4, 0.5) is 5.82 Å². The maximum absolute atomic E-state index is 5.86. The van der Waals surface area contributed by atoms with E-state index in [9.17, 15) is 0 Å². The minimum Gasteiger partial charge on any atom is -0.367 e. The standard InChI is InChI=1S/C14H16N6OS/c1-9-17-12-10(7-16-19(12)2)13(18-9)20-4-5-21-11(8-20)14-15-3-6-22-14/h3,6-7,11H,4-5,8H2,1-2H3/t11-/m0/s1. The lowest BCUT2D eigenvalue weighted by molar-refractivity contribution is 0.0394.